The third-order valence-electron chi connectivity index (χ3n) is 2.43. The summed E-state index contributed by atoms with van der Waals surface area (Å²) in [6, 6.07) is 4.91. The van der Waals surface area contributed by atoms with Crippen LogP contribution in [0.15, 0.2) is 18.2 Å². The maximum absolute atomic E-state index is 11.0. The Bertz CT molecular complexity index is 374. The molecular formula is C13H18O4. The number of benzene rings is 1. The van der Waals surface area contributed by atoms with Gasteiger partial charge in [0, 0.05) is 6.61 Å². The molecule has 0 heterocycles. The number of aromatic carboxylic acids is 1. The average Bonchev–Trinajstić information content (AvgIpc) is 2.30. The van der Waals surface area contributed by atoms with Gasteiger partial charge in [0.05, 0.1) is 6.61 Å². The van der Waals surface area contributed by atoms with E-state index in [9.17, 15) is 4.79 Å². The summed E-state index contributed by atoms with van der Waals surface area (Å²) in [6.45, 7) is 2.60. The highest BCUT2D eigenvalue weighted by Gasteiger charge is 2.11. The number of unbranched alkanes of at least 4 members (excludes halogenated alkanes) is 1. The molecule has 0 unspecified atom stereocenters. The Hall–Kier alpha value is -1.55. The van der Waals surface area contributed by atoms with Crippen molar-refractivity contribution in [2.75, 3.05) is 13.2 Å². The number of carboxylic acids is 1. The van der Waals surface area contributed by atoms with Gasteiger partial charge in [0.1, 0.15) is 11.3 Å². The first kappa shape index (κ1) is 13.5. The summed E-state index contributed by atoms with van der Waals surface area (Å²) < 4.78 is 5.46. The molecule has 4 heteroatoms. The van der Waals surface area contributed by atoms with Crippen LogP contribution in [0.25, 0.3) is 0 Å². The van der Waals surface area contributed by atoms with Gasteiger partial charge in [0.2, 0.25) is 0 Å². The fourth-order valence-corrected chi connectivity index (χ4v) is 1.47. The number of carboxylic acid groups (broad SMARTS) is 1. The van der Waals surface area contributed by atoms with Gasteiger partial charge >= 0.3 is 5.97 Å². The molecule has 2 N–H and O–H groups in total. The van der Waals surface area contributed by atoms with E-state index >= 15 is 0 Å². The van der Waals surface area contributed by atoms with Crippen LogP contribution in [0, 0.1) is 0 Å². The molecule has 1 aromatic rings. The zero-order valence-corrected chi connectivity index (χ0v) is 9.98. The Labute approximate surface area is 101 Å². The second kappa shape index (κ2) is 6.91. The van der Waals surface area contributed by atoms with Crippen LogP contribution in [0.3, 0.4) is 0 Å². The van der Waals surface area contributed by atoms with Crippen LogP contribution in [0.5, 0.6) is 5.75 Å². The van der Waals surface area contributed by atoms with Crippen molar-refractivity contribution in [3.63, 3.8) is 0 Å². The van der Waals surface area contributed by atoms with Gasteiger partial charge in [-0.2, -0.15) is 0 Å². The lowest BCUT2D eigenvalue weighted by molar-refractivity contribution is 0.0692. The molecule has 0 radical (unpaired) electrons. The molecule has 94 valence electrons. The maximum atomic E-state index is 11.0. The molecule has 0 amide bonds. The minimum atomic E-state index is -0.993. The second-order valence-corrected chi connectivity index (χ2v) is 3.81. The first-order chi connectivity index (χ1) is 8.19. The van der Waals surface area contributed by atoms with E-state index in [1.807, 2.05) is 6.92 Å². The fraction of sp³-hybridized carbons (Fsp3) is 0.462. The minimum Gasteiger partial charge on any atom is -0.493 e. The molecule has 0 saturated carbocycles. The third-order valence-corrected chi connectivity index (χ3v) is 2.43. The Balaban J connectivity index is 2.86. The van der Waals surface area contributed by atoms with Crippen molar-refractivity contribution in [1.82, 2.24) is 0 Å². The van der Waals surface area contributed by atoms with Gasteiger partial charge in [-0.05, 0) is 30.5 Å². The highest BCUT2D eigenvalue weighted by atomic mass is 16.5. The molecule has 0 aliphatic carbocycles. The molecule has 17 heavy (non-hydrogen) atoms. The Morgan fingerprint density at radius 2 is 2.18 bits per heavy atom. The van der Waals surface area contributed by atoms with E-state index in [2.05, 4.69) is 0 Å². The number of ether oxygens (including phenoxy) is 1. The Kier molecular flexibility index (Phi) is 5.49. The largest absolute Gasteiger partial charge is 0.493 e. The summed E-state index contributed by atoms with van der Waals surface area (Å²) in [6.07, 6.45) is 2.39. The summed E-state index contributed by atoms with van der Waals surface area (Å²) in [5, 5.41) is 17.9. The summed E-state index contributed by atoms with van der Waals surface area (Å²) >= 11 is 0. The smallest absolute Gasteiger partial charge is 0.339 e. The van der Waals surface area contributed by atoms with Crippen molar-refractivity contribution < 1.29 is 19.7 Å². The van der Waals surface area contributed by atoms with Crippen molar-refractivity contribution in [1.29, 1.82) is 0 Å². The van der Waals surface area contributed by atoms with E-state index in [4.69, 9.17) is 14.9 Å². The number of carbonyl (C=O) groups is 1. The zero-order valence-electron chi connectivity index (χ0n) is 9.98. The molecule has 1 aromatic carbocycles. The van der Waals surface area contributed by atoms with E-state index in [0.29, 0.717) is 18.8 Å². The molecular weight excluding hydrogens is 220 g/mol. The number of aliphatic hydroxyl groups excluding tert-OH is 1. The molecule has 4 nitrogen and oxygen atoms in total. The predicted molar refractivity (Wildman–Crippen MR) is 64.6 cm³/mol. The molecule has 0 aromatic heterocycles. The van der Waals surface area contributed by atoms with Gasteiger partial charge in [0.25, 0.3) is 0 Å². The molecule has 0 spiro atoms. The molecule has 0 atom stereocenters. The van der Waals surface area contributed by atoms with Gasteiger partial charge in [-0.15, -0.1) is 0 Å². The van der Waals surface area contributed by atoms with Crippen LogP contribution < -0.4 is 4.74 Å². The zero-order chi connectivity index (χ0) is 12.7. The maximum Gasteiger partial charge on any atom is 0.339 e. The first-order valence-electron chi connectivity index (χ1n) is 5.79. The minimum absolute atomic E-state index is 0.0425. The van der Waals surface area contributed by atoms with Crippen molar-refractivity contribution in [3.8, 4) is 5.75 Å². The summed E-state index contributed by atoms with van der Waals surface area (Å²) in [7, 11) is 0. The van der Waals surface area contributed by atoms with Crippen LogP contribution in [0.4, 0.5) is 0 Å². The topological polar surface area (TPSA) is 66.8 Å². The van der Waals surface area contributed by atoms with E-state index in [1.54, 1.807) is 12.1 Å². The molecule has 0 fully saturated rings. The highest BCUT2D eigenvalue weighted by Crippen LogP contribution is 2.21. The van der Waals surface area contributed by atoms with Gasteiger partial charge in [0.15, 0.2) is 0 Å². The van der Waals surface area contributed by atoms with Crippen LogP contribution in [-0.2, 0) is 6.42 Å². The van der Waals surface area contributed by atoms with Crippen molar-refractivity contribution >= 4 is 5.97 Å². The van der Waals surface area contributed by atoms with Gasteiger partial charge in [-0.1, -0.05) is 19.4 Å². The van der Waals surface area contributed by atoms with Crippen molar-refractivity contribution in [3.05, 3.63) is 29.3 Å². The third kappa shape index (κ3) is 4.07. The average molecular weight is 238 g/mol. The Morgan fingerprint density at radius 3 is 2.76 bits per heavy atom. The molecule has 0 bridgehead atoms. The van der Waals surface area contributed by atoms with Gasteiger partial charge in [-0.25, -0.2) is 4.79 Å². The predicted octanol–water partition coefficient (Wildman–Crippen LogP) is 2.10. The van der Waals surface area contributed by atoms with Crippen LogP contribution in [0.2, 0.25) is 0 Å². The van der Waals surface area contributed by atoms with E-state index in [0.717, 1.165) is 18.4 Å². The molecule has 1 rings (SSSR count). The number of hydrogen-bond acceptors (Lipinski definition) is 3. The molecule has 0 saturated heterocycles. The summed E-state index contributed by atoms with van der Waals surface area (Å²) in [5.74, 6) is -0.607. The van der Waals surface area contributed by atoms with E-state index in [1.165, 1.54) is 6.07 Å². The fourth-order valence-electron chi connectivity index (χ4n) is 1.47. The van der Waals surface area contributed by atoms with Crippen LogP contribution in [0.1, 0.15) is 35.7 Å². The monoisotopic (exact) mass is 238 g/mol. The van der Waals surface area contributed by atoms with Crippen LogP contribution in [-0.4, -0.2) is 29.4 Å². The van der Waals surface area contributed by atoms with E-state index < -0.39 is 5.97 Å². The Morgan fingerprint density at radius 1 is 1.41 bits per heavy atom. The standard InChI is InChI=1S/C13H18O4/c1-2-3-8-17-12-9-10(6-7-14)4-5-11(12)13(15)16/h4-5,9,14H,2-3,6-8H2,1H3,(H,15,16). The van der Waals surface area contributed by atoms with Crippen LogP contribution >= 0.6 is 0 Å². The lowest BCUT2D eigenvalue weighted by Crippen LogP contribution is -2.05. The van der Waals surface area contributed by atoms with E-state index in [-0.39, 0.29) is 12.2 Å². The number of hydrogen-bond donors (Lipinski definition) is 2. The van der Waals surface area contributed by atoms with Gasteiger partial charge in [-0.3, -0.25) is 0 Å². The number of rotatable bonds is 7. The highest BCUT2D eigenvalue weighted by molar-refractivity contribution is 5.90. The number of aliphatic hydroxyl groups is 1. The SMILES string of the molecule is CCCCOc1cc(CCO)ccc1C(=O)O. The summed E-state index contributed by atoms with van der Waals surface area (Å²) in [5.41, 5.74) is 1.05. The lowest BCUT2D eigenvalue weighted by atomic mass is 10.1. The van der Waals surface area contributed by atoms with Crippen molar-refractivity contribution in [2.45, 2.75) is 26.2 Å². The normalized spacial score (nSPS) is 10.2. The molecule has 0 aliphatic rings. The molecule has 0 aliphatic heterocycles. The summed E-state index contributed by atoms with van der Waals surface area (Å²) in [4.78, 5) is 11.0. The first-order valence-corrected chi connectivity index (χ1v) is 5.79. The second-order valence-electron chi connectivity index (χ2n) is 3.81. The van der Waals surface area contributed by atoms with Gasteiger partial charge < -0.3 is 14.9 Å². The van der Waals surface area contributed by atoms with Crippen molar-refractivity contribution in [2.24, 2.45) is 0 Å². The lowest BCUT2D eigenvalue weighted by Gasteiger charge is -2.10. The quantitative estimate of drug-likeness (QED) is 0.714.